The van der Waals surface area contributed by atoms with E-state index in [1.807, 2.05) is 26.0 Å². The molecule has 0 unspecified atom stereocenters. The third-order valence-corrected chi connectivity index (χ3v) is 5.02. The molecule has 31 heavy (non-hydrogen) atoms. The number of benzene rings is 1. The lowest BCUT2D eigenvalue weighted by atomic mass is 10.1. The van der Waals surface area contributed by atoms with Gasteiger partial charge >= 0.3 is 0 Å². The van der Waals surface area contributed by atoms with Gasteiger partial charge in [0.2, 0.25) is 5.91 Å². The third-order valence-electron chi connectivity index (χ3n) is 5.02. The number of guanidine groups is 1. The summed E-state index contributed by atoms with van der Waals surface area (Å²) in [7, 11) is 1.79. The van der Waals surface area contributed by atoms with Gasteiger partial charge in [0.05, 0.1) is 11.5 Å². The Morgan fingerprint density at radius 2 is 1.81 bits per heavy atom. The molecule has 0 spiro atoms. The van der Waals surface area contributed by atoms with Gasteiger partial charge < -0.3 is 15.5 Å². The van der Waals surface area contributed by atoms with Crippen molar-refractivity contribution >= 4 is 41.5 Å². The smallest absolute Gasteiger partial charge is 0.269 e. The molecule has 1 aliphatic rings. The second-order valence-corrected chi connectivity index (χ2v) is 7.84. The molecule has 0 aliphatic carbocycles. The number of aliphatic imine (C=N–C) groups is 1. The molecule has 0 radical (unpaired) electrons. The van der Waals surface area contributed by atoms with Crippen molar-refractivity contribution in [1.29, 1.82) is 0 Å². The van der Waals surface area contributed by atoms with E-state index in [2.05, 4.69) is 25.4 Å². The fourth-order valence-electron chi connectivity index (χ4n) is 3.46. The maximum Gasteiger partial charge on any atom is 0.269 e. The molecule has 0 aromatic heterocycles. The minimum atomic E-state index is -0.375. The number of halogens is 1. The molecule has 1 saturated heterocycles. The first-order valence-electron chi connectivity index (χ1n) is 10.6. The lowest BCUT2D eigenvalue weighted by Crippen LogP contribution is -2.54. The second kappa shape index (κ2) is 14.2. The van der Waals surface area contributed by atoms with Crippen molar-refractivity contribution in [3.05, 3.63) is 39.9 Å². The number of nitro groups is 1. The predicted octanol–water partition coefficient (Wildman–Crippen LogP) is 2.25. The Hall–Kier alpha value is -1.95. The van der Waals surface area contributed by atoms with Gasteiger partial charge in [-0.25, -0.2) is 0 Å². The molecule has 9 nitrogen and oxygen atoms in total. The van der Waals surface area contributed by atoms with Crippen LogP contribution in [0.2, 0.25) is 0 Å². The number of piperazine rings is 1. The maximum atomic E-state index is 11.9. The summed E-state index contributed by atoms with van der Waals surface area (Å²) < 4.78 is 0. The standard InChI is InChI=1S/C21H34N6O3.HI/c1-17(2)24-20(28)16-25-12-14-26(15-13-25)21(22-3)23-11-5-4-6-18-7-9-19(10-8-18)27(29)30;/h7-10,17H,4-6,11-16H2,1-3H3,(H,22,23)(H,24,28);1H. The van der Waals surface area contributed by atoms with E-state index in [-0.39, 0.29) is 46.5 Å². The van der Waals surface area contributed by atoms with Crippen LogP contribution in [-0.2, 0) is 11.2 Å². The molecule has 1 heterocycles. The van der Waals surface area contributed by atoms with Gasteiger partial charge in [-0.2, -0.15) is 0 Å². The van der Waals surface area contributed by atoms with E-state index < -0.39 is 0 Å². The van der Waals surface area contributed by atoms with E-state index in [1.165, 1.54) is 0 Å². The number of nitrogens with one attached hydrogen (secondary N) is 2. The number of carbonyl (C=O) groups is 1. The Bertz CT molecular complexity index is 718. The van der Waals surface area contributed by atoms with E-state index in [1.54, 1.807) is 19.2 Å². The van der Waals surface area contributed by atoms with Crippen LogP contribution in [0.1, 0.15) is 32.3 Å². The van der Waals surface area contributed by atoms with Crippen molar-refractivity contribution in [2.75, 3.05) is 46.3 Å². The van der Waals surface area contributed by atoms with Crippen molar-refractivity contribution in [1.82, 2.24) is 20.4 Å². The maximum absolute atomic E-state index is 11.9. The fraction of sp³-hybridized carbons (Fsp3) is 0.619. The van der Waals surface area contributed by atoms with Gasteiger partial charge in [-0.1, -0.05) is 12.1 Å². The van der Waals surface area contributed by atoms with Crippen LogP contribution in [0.5, 0.6) is 0 Å². The monoisotopic (exact) mass is 546 g/mol. The topological polar surface area (TPSA) is 103 Å². The normalized spacial score (nSPS) is 14.8. The summed E-state index contributed by atoms with van der Waals surface area (Å²) in [5.41, 5.74) is 1.24. The Morgan fingerprint density at radius 3 is 2.35 bits per heavy atom. The molecule has 0 bridgehead atoms. The predicted molar refractivity (Wildman–Crippen MR) is 134 cm³/mol. The minimum absolute atomic E-state index is 0. The minimum Gasteiger partial charge on any atom is -0.356 e. The summed E-state index contributed by atoms with van der Waals surface area (Å²) in [6.45, 7) is 8.58. The largest absolute Gasteiger partial charge is 0.356 e. The molecule has 1 aromatic rings. The van der Waals surface area contributed by atoms with Crippen LogP contribution in [0.25, 0.3) is 0 Å². The average Bonchev–Trinajstić information content (AvgIpc) is 2.71. The molecule has 2 N–H and O–H groups in total. The van der Waals surface area contributed by atoms with E-state index >= 15 is 0 Å². The number of rotatable bonds is 9. The number of aryl methyl sites for hydroxylation is 1. The van der Waals surface area contributed by atoms with Crippen molar-refractivity contribution in [2.24, 2.45) is 4.99 Å². The van der Waals surface area contributed by atoms with Crippen molar-refractivity contribution in [2.45, 2.75) is 39.2 Å². The number of non-ortho nitro benzene ring substituents is 1. The number of unbranched alkanes of at least 4 members (excludes halogenated alkanes) is 1. The van der Waals surface area contributed by atoms with E-state index in [0.717, 1.165) is 63.5 Å². The summed E-state index contributed by atoms with van der Waals surface area (Å²) in [6.07, 6.45) is 2.89. The zero-order valence-electron chi connectivity index (χ0n) is 18.7. The van der Waals surface area contributed by atoms with Crippen LogP contribution < -0.4 is 10.6 Å². The zero-order chi connectivity index (χ0) is 21.9. The molecule has 0 saturated carbocycles. The van der Waals surface area contributed by atoms with Crippen molar-refractivity contribution < 1.29 is 9.72 Å². The van der Waals surface area contributed by atoms with Crippen LogP contribution in [0.4, 0.5) is 5.69 Å². The lowest BCUT2D eigenvalue weighted by Gasteiger charge is -2.36. The molecular weight excluding hydrogens is 511 g/mol. The van der Waals surface area contributed by atoms with E-state index in [9.17, 15) is 14.9 Å². The quantitative estimate of drug-likeness (QED) is 0.123. The molecule has 1 amide bonds. The first-order valence-corrected chi connectivity index (χ1v) is 10.6. The highest BCUT2D eigenvalue weighted by atomic mass is 127. The average molecular weight is 546 g/mol. The van der Waals surface area contributed by atoms with Crippen molar-refractivity contribution in [3.63, 3.8) is 0 Å². The summed E-state index contributed by atoms with van der Waals surface area (Å²) >= 11 is 0. The Labute approximate surface area is 201 Å². The molecule has 10 heteroatoms. The number of hydrogen-bond acceptors (Lipinski definition) is 5. The number of hydrogen-bond donors (Lipinski definition) is 2. The summed E-state index contributed by atoms with van der Waals surface area (Å²) in [5, 5.41) is 17.1. The van der Waals surface area contributed by atoms with Crippen LogP contribution in [-0.4, -0.2) is 78.9 Å². The van der Waals surface area contributed by atoms with Gasteiger partial charge in [0.25, 0.3) is 5.69 Å². The van der Waals surface area contributed by atoms with Gasteiger partial charge in [0, 0.05) is 57.9 Å². The molecule has 1 fully saturated rings. The SMILES string of the molecule is CN=C(NCCCCc1ccc([N+](=O)[O-])cc1)N1CCN(CC(=O)NC(C)C)CC1.I. The number of carbonyl (C=O) groups excluding carboxylic acids is 1. The molecule has 0 atom stereocenters. The highest BCUT2D eigenvalue weighted by Gasteiger charge is 2.21. The fourth-order valence-corrected chi connectivity index (χ4v) is 3.46. The Morgan fingerprint density at radius 1 is 1.16 bits per heavy atom. The molecule has 1 aliphatic heterocycles. The Balaban J connectivity index is 0.00000480. The van der Waals surface area contributed by atoms with Crippen LogP contribution >= 0.6 is 24.0 Å². The summed E-state index contributed by atoms with van der Waals surface area (Å²) in [4.78, 5) is 31.0. The number of amides is 1. The van der Waals surface area contributed by atoms with Gasteiger partial charge in [0.1, 0.15) is 0 Å². The zero-order valence-corrected chi connectivity index (χ0v) is 21.0. The molecule has 174 valence electrons. The second-order valence-electron chi connectivity index (χ2n) is 7.84. The van der Waals surface area contributed by atoms with Gasteiger partial charge in [-0.3, -0.25) is 24.8 Å². The van der Waals surface area contributed by atoms with Gasteiger partial charge in [0.15, 0.2) is 5.96 Å². The highest BCUT2D eigenvalue weighted by Crippen LogP contribution is 2.13. The molecular formula is C21H35IN6O3. The van der Waals surface area contributed by atoms with E-state index in [4.69, 9.17) is 0 Å². The van der Waals surface area contributed by atoms with Crippen LogP contribution in [0, 0.1) is 10.1 Å². The third kappa shape index (κ3) is 9.81. The lowest BCUT2D eigenvalue weighted by molar-refractivity contribution is -0.384. The number of nitrogens with zero attached hydrogens (tertiary/aromatic N) is 4. The van der Waals surface area contributed by atoms with Crippen LogP contribution in [0.3, 0.4) is 0 Å². The van der Waals surface area contributed by atoms with Crippen molar-refractivity contribution in [3.8, 4) is 0 Å². The van der Waals surface area contributed by atoms with Gasteiger partial charge in [-0.05, 0) is 38.7 Å². The number of nitro benzene ring substituents is 1. The first-order chi connectivity index (χ1) is 14.4. The Kier molecular flexibility index (Phi) is 12.4. The van der Waals surface area contributed by atoms with Crippen LogP contribution in [0.15, 0.2) is 29.3 Å². The summed E-state index contributed by atoms with van der Waals surface area (Å²) in [5.74, 6) is 0.977. The van der Waals surface area contributed by atoms with E-state index in [0.29, 0.717) is 6.54 Å². The summed E-state index contributed by atoms with van der Waals surface area (Å²) in [6, 6.07) is 6.93. The first kappa shape index (κ1) is 27.1. The molecule has 2 rings (SSSR count). The molecule has 1 aromatic carbocycles. The highest BCUT2D eigenvalue weighted by molar-refractivity contribution is 14.0. The van der Waals surface area contributed by atoms with Gasteiger partial charge in [-0.15, -0.1) is 24.0 Å².